The lowest BCUT2D eigenvalue weighted by atomic mass is 9.32. The van der Waals surface area contributed by atoms with Gasteiger partial charge in [0.05, 0.1) is 11.8 Å². The van der Waals surface area contributed by atoms with E-state index in [0.29, 0.717) is 35.0 Å². The summed E-state index contributed by atoms with van der Waals surface area (Å²) in [6, 6.07) is 0. The zero-order chi connectivity index (χ0) is 33.4. The van der Waals surface area contributed by atoms with Crippen molar-refractivity contribution >= 4 is 11.9 Å². The molecule has 256 valence electrons. The van der Waals surface area contributed by atoms with Crippen LogP contribution >= 0.6 is 0 Å². The minimum atomic E-state index is -1.12. The van der Waals surface area contributed by atoms with Crippen LogP contribution in [0.5, 0.6) is 0 Å². The SMILES string of the molecule is C=C(C)[C@@H]1CC[C@]2(NCCN(C)C)CC[C@]3(C)[C@H](CC[C@@H]4[C@@]5(C)CCC(OC(=O)CC(C)(C)C(=O)O)C(C)(C)[C@@H]5CC[C@]43C)[C@@H]12. The lowest BCUT2D eigenvalue weighted by molar-refractivity contribution is -0.246. The summed E-state index contributed by atoms with van der Waals surface area (Å²) < 4.78 is 6.17. The van der Waals surface area contributed by atoms with Crippen LogP contribution in [0.25, 0.3) is 0 Å². The molecule has 6 heteroatoms. The number of rotatable bonds is 9. The highest BCUT2D eigenvalue weighted by Gasteiger charge is 2.71. The molecule has 0 aromatic rings. The maximum atomic E-state index is 13.0. The molecule has 5 aliphatic rings. The topological polar surface area (TPSA) is 78.9 Å². The first kappa shape index (κ1) is 34.9. The first-order valence-corrected chi connectivity index (χ1v) is 18.2. The molecule has 0 saturated heterocycles. The smallest absolute Gasteiger partial charge is 0.309 e. The second kappa shape index (κ2) is 11.6. The maximum Gasteiger partial charge on any atom is 0.309 e. The molecule has 0 bridgehead atoms. The van der Waals surface area contributed by atoms with Crippen LogP contribution in [-0.4, -0.2) is 60.8 Å². The molecule has 5 saturated carbocycles. The number of carbonyl (C=O) groups is 2. The highest BCUT2D eigenvalue weighted by atomic mass is 16.5. The molecule has 0 aromatic carbocycles. The normalized spacial score (nSPS) is 43.9. The second-order valence-corrected chi connectivity index (χ2v) is 18.8. The molecule has 45 heavy (non-hydrogen) atoms. The van der Waals surface area contributed by atoms with Crippen LogP contribution in [0.1, 0.15) is 126 Å². The van der Waals surface area contributed by atoms with Crippen LogP contribution in [0.4, 0.5) is 0 Å². The van der Waals surface area contributed by atoms with Crippen molar-refractivity contribution in [2.24, 2.45) is 56.7 Å². The molecule has 5 rings (SSSR count). The van der Waals surface area contributed by atoms with Gasteiger partial charge >= 0.3 is 11.9 Å². The Labute approximate surface area is 274 Å². The average Bonchev–Trinajstić information content (AvgIpc) is 3.30. The van der Waals surface area contributed by atoms with E-state index in [9.17, 15) is 14.7 Å². The number of hydrogen-bond acceptors (Lipinski definition) is 5. The van der Waals surface area contributed by atoms with Gasteiger partial charge in [0.1, 0.15) is 6.10 Å². The predicted octanol–water partition coefficient (Wildman–Crippen LogP) is 7.96. The van der Waals surface area contributed by atoms with E-state index in [4.69, 9.17) is 4.74 Å². The summed E-state index contributed by atoms with van der Waals surface area (Å²) >= 11 is 0. The van der Waals surface area contributed by atoms with Crippen LogP contribution in [0, 0.1) is 56.7 Å². The van der Waals surface area contributed by atoms with Crippen LogP contribution in [0.3, 0.4) is 0 Å². The third-order valence-corrected chi connectivity index (χ3v) is 15.5. The molecule has 0 radical (unpaired) electrons. The second-order valence-electron chi connectivity index (χ2n) is 18.8. The van der Waals surface area contributed by atoms with E-state index in [2.05, 4.69) is 72.4 Å². The highest BCUT2D eigenvalue weighted by molar-refractivity contribution is 5.81. The summed E-state index contributed by atoms with van der Waals surface area (Å²) in [5.74, 6) is 1.81. The van der Waals surface area contributed by atoms with Crippen molar-refractivity contribution in [1.29, 1.82) is 0 Å². The number of allylic oxidation sites excluding steroid dienone is 1. The van der Waals surface area contributed by atoms with Gasteiger partial charge in [-0.2, -0.15) is 0 Å². The van der Waals surface area contributed by atoms with Gasteiger partial charge < -0.3 is 20.1 Å². The number of fused-ring (bicyclic) bond motifs is 7. The zero-order valence-corrected chi connectivity index (χ0v) is 30.5. The Bertz CT molecular complexity index is 1180. The van der Waals surface area contributed by atoms with Gasteiger partial charge in [0.2, 0.25) is 0 Å². The van der Waals surface area contributed by atoms with E-state index in [1.54, 1.807) is 13.8 Å². The van der Waals surface area contributed by atoms with Crippen molar-refractivity contribution in [1.82, 2.24) is 10.2 Å². The Balaban J connectivity index is 1.40. The molecule has 0 amide bonds. The number of nitrogens with zero attached hydrogens (tertiary/aromatic N) is 1. The first-order valence-electron chi connectivity index (χ1n) is 18.2. The summed E-state index contributed by atoms with van der Waals surface area (Å²) in [7, 11) is 4.36. The van der Waals surface area contributed by atoms with Crippen LogP contribution in [0.2, 0.25) is 0 Å². The molecular formula is C39H66N2O4. The number of esters is 1. The average molecular weight is 627 g/mol. The molecule has 0 spiro atoms. The Hall–Kier alpha value is -1.40. The van der Waals surface area contributed by atoms with Gasteiger partial charge in [0.15, 0.2) is 0 Å². The Morgan fingerprint density at radius 3 is 2.22 bits per heavy atom. The number of ether oxygens (including phenoxy) is 1. The van der Waals surface area contributed by atoms with Gasteiger partial charge in [-0.1, -0.05) is 46.8 Å². The standard InChI is InChI=1S/C39H66N2O4/c1-25(2)26-14-19-39(40-22-23-41(10)11)21-20-37(8)27(32(26)39)12-13-29-36(7)17-16-30(45-31(42)24-34(3,4)33(43)44)35(5,6)28(36)15-18-38(29,37)9/h26-30,32,40H,1,12-24H2,2-11H3,(H,43,44)/t26-,27+,28-,29+,30?,32+,36-,37+,38+,39-/m0/s1. The number of nitrogens with one attached hydrogen (secondary N) is 1. The number of carboxylic acid groups (broad SMARTS) is 1. The van der Waals surface area contributed by atoms with Crippen molar-refractivity contribution in [2.45, 2.75) is 138 Å². The number of carboxylic acids is 1. The largest absolute Gasteiger partial charge is 0.481 e. The van der Waals surface area contributed by atoms with Crippen molar-refractivity contribution in [2.75, 3.05) is 27.2 Å². The molecule has 0 aromatic heterocycles. The van der Waals surface area contributed by atoms with Crippen molar-refractivity contribution in [3.05, 3.63) is 12.2 Å². The van der Waals surface area contributed by atoms with Crippen molar-refractivity contribution in [3.8, 4) is 0 Å². The summed E-state index contributed by atoms with van der Waals surface area (Å²) in [4.78, 5) is 27.0. The fourth-order valence-corrected chi connectivity index (χ4v) is 12.8. The van der Waals surface area contributed by atoms with Gasteiger partial charge in [-0.25, -0.2) is 0 Å². The number of likely N-dealkylation sites (N-methyl/N-ethyl adjacent to an activating group) is 1. The summed E-state index contributed by atoms with van der Waals surface area (Å²) in [5, 5.41) is 13.8. The molecule has 6 nitrogen and oxygen atoms in total. The number of carbonyl (C=O) groups excluding carboxylic acids is 1. The van der Waals surface area contributed by atoms with Gasteiger partial charge in [-0.15, -0.1) is 0 Å². The Morgan fingerprint density at radius 1 is 0.911 bits per heavy atom. The van der Waals surface area contributed by atoms with Gasteiger partial charge in [0, 0.05) is 24.0 Å². The molecule has 1 unspecified atom stereocenters. The van der Waals surface area contributed by atoms with E-state index >= 15 is 0 Å². The number of hydrogen-bond donors (Lipinski definition) is 2. The Kier molecular flexibility index (Phi) is 9.03. The summed E-state index contributed by atoms with van der Waals surface area (Å²) in [5.41, 5.74) is 1.16. The van der Waals surface area contributed by atoms with E-state index in [1.807, 2.05) is 0 Å². The third kappa shape index (κ3) is 5.44. The number of aliphatic carboxylic acids is 1. The van der Waals surface area contributed by atoms with Gasteiger partial charge in [-0.05, 0) is 145 Å². The molecule has 10 atom stereocenters. The monoisotopic (exact) mass is 627 g/mol. The molecule has 2 N–H and O–H groups in total. The fourth-order valence-electron chi connectivity index (χ4n) is 12.8. The maximum absolute atomic E-state index is 13.0. The molecule has 5 fully saturated rings. The predicted molar refractivity (Wildman–Crippen MR) is 182 cm³/mol. The minimum Gasteiger partial charge on any atom is -0.481 e. The van der Waals surface area contributed by atoms with E-state index in [0.717, 1.165) is 25.9 Å². The van der Waals surface area contributed by atoms with Gasteiger partial charge in [-0.3, -0.25) is 9.59 Å². The first-order chi connectivity index (χ1) is 20.7. The minimum absolute atomic E-state index is 0.0882. The fraction of sp³-hybridized carbons (Fsp3) is 0.897. The lowest BCUT2D eigenvalue weighted by Gasteiger charge is -2.73. The van der Waals surface area contributed by atoms with E-state index in [1.165, 1.54) is 56.9 Å². The molecule has 0 heterocycles. The molecular weight excluding hydrogens is 560 g/mol. The molecule has 0 aliphatic heterocycles. The third-order valence-electron chi connectivity index (χ3n) is 15.5. The Morgan fingerprint density at radius 2 is 1.60 bits per heavy atom. The van der Waals surface area contributed by atoms with Gasteiger partial charge in [0.25, 0.3) is 0 Å². The van der Waals surface area contributed by atoms with Crippen molar-refractivity contribution in [3.63, 3.8) is 0 Å². The summed E-state index contributed by atoms with van der Waals surface area (Å²) in [6.45, 7) is 24.9. The zero-order valence-electron chi connectivity index (χ0n) is 30.5. The van der Waals surface area contributed by atoms with Crippen LogP contribution in [0.15, 0.2) is 12.2 Å². The highest BCUT2D eigenvalue weighted by Crippen LogP contribution is 2.76. The summed E-state index contributed by atoms with van der Waals surface area (Å²) in [6.07, 6.45) is 11.9. The van der Waals surface area contributed by atoms with Crippen LogP contribution in [-0.2, 0) is 14.3 Å². The lowest BCUT2D eigenvalue weighted by Crippen LogP contribution is -2.69. The van der Waals surface area contributed by atoms with Crippen molar-refractivity contribution < 1.29 is 19.4 Å². The molecule has 5 aliphatic carbocycles. The van der Waals surface area contributed by atoms with E-state index < -0.39 is 11.4 Å². The van der Waals surface area contributed by atoms with E-state index in [-0.39, 0.29) is 40.3 Å². The quantitative estimate of drug-likeness (QED) is 0.200. The van der Waals surface area contributed by atoms with Crippen LogP contribution < -0.4 is 5.32 Å².